The smallest absolute Gasteiger partial charge is 0.211 e. The molecule has 1 aliphatic heterocycles. The maximum Gasteiger partial charge on any atom is 0.211 e. The summed E-state index contributed by atoms with van der Waals surface area (Å²) >= 11 is 3.36. The van der Waals surface area contributed by atoms with Gasteiger partial charge in [0.05, 0.1) is 13.2 Å². The predicted molar refractivity (Wildman–Crippen MR) is 58.5 cm³/mol. The van der Waals surface area contributed by atoms with Crippen molar-refractivity contribution in [1.29, 1.82) is 0 Å². The SMILES string of the molecule is O=CNc1cc(Br)cc(C2OCCO2)c1. The highest BCUT2D eigenvalue weighted by molar-refractivity contribution is 9.10. The molecule has 0 aromatic heterocycles. The summed E-state index contributed by atoms with van der Waals surface area (Å²) in [5.74, 6) is 0. The second kappa shape index (κ2) is 4.74. The van der Waals surface area contributed by atoms with Gasteiger partial charge in [0.25, 0.3) is 0 Å². The van der Waals surface area contributed by atoms with Gasteiger partial charge in [-0.05, 0) is 18.2 Å². The van der Waals surface area contributed by atoms with Gasteiger partial charge in [0.1, 0.15) is 0 Å². The first kappa shape index (κ1) is 10.6. The number of benzene rings is 1. The number of rotatable bonds is 3. The second-order valence-corrected chi connectivity index (χ2v) is 4.02. The van der Waals surface area contributed by atoms with Gasteiger partial charge in [-0.2, -0.15) is 0 Å². The van der Waals surface area contributed by atoms with Crippen molar-refractivity contribution in [2.75, 3.05) is 18.5 Å². The Labute approximate surface area is 95.7 Å². The van der Waals surface area contributed by atoms with Crippen molar-refractivity contribution in [3.05, 3.63) is 28.2 Å². The highest BCUT2D eigenvalue weighted by Gasteiger charge is 2.18. The maximum absolute atomic E-state index is 10.3. The van der Waals surface area contributed by atoms with Gasteiger partial charge < -0.3 is 14.8 Å². The molecule has 1 aromatic rings. The van der Waals surface area contributed by atoms with Crippen molar-refractivity contribution in [2.45, 2.75) is 6.29 Å². The molecule has 1 amide bonds. The van der Waals surface area contributed by atoms with Crippen LogP contribution < -0.4 is 5.32 Å². The van der Waals surface area contributed by atoms with Crippen molar-refractivity contribution in [3.63, 3.8) is 0 Å². The zero-order chi connectivity index (χ0) is 10.7. The highest BCUT2D eigenvalue weighted by Crippen LogP contribution is 2.28. The fraction of sp³-hybridized carbons (Fsp3) is 0.300. The van der Waals surface area contributed by atoms with Crippen LogP contribution in [0.2, 0.25) is 0 Å². The molecule has 0 atom stereocenters. The first-order chi connectivity index (χ1) is 7.29. The lowest BCUT2D eigenvalue weighted by molar-refractivity contribution is -0.105. The largest absolute Gasteiger partial charge is 0.346 e. The van der Waals surface area contributed by atoms with Gasteiger partial charge in [-0.25, -0.2) is 0 Å². The Balaban J connectivity index is 2.25. The summed E-state index contributed by atoms with van der Waals surface area (Å²) in [4.78, 5) is 10.3. The summed E-state index contributed by atoms with van der Waals surface area (Å²) in [7, 11) is 0. The molecule has 1 aromatic carbocycles. The van der Waals surface area contributed by atoms with Crippen molar-refractivity contribution >= 4 is 28.0 Å². The van der Waals surface area contributed by atoms with Crippen LogP contribution in [0.25, 0.3) is 0 Å². The van der Waals surface area contributed by atoms with E-state index in [1.54, 1.807) is 0 Å². The van der Waals surface area contributed by atoms with E-state index in [2.05, 4.69) is 21.2 Å². The number of halogens is 1. The average molecular weight is 272 g/mol. The van der Waals surface area contributed by atoms with Gasteiger partial charge in [0, 0.05) is 15.7 Å². The van der Waals surface area contributed by atoms with E-state index in [-0.39, 0.29) is 6.29 Å². The minimum absolute atomic E-state index is 0.324. The van der Waals surface area contributed by atoms with Crippen LogP contribution in [0.15, 0.2) is 22.7 Å². The summed E-state index contributed by atoms with van der Waals surface area (Å²) in [6.45, 7) is 1.21. The van der Waals surface area contributed by atoms with Gasteiger partial charge in [-0.1, -0.05) is 15.9 Å². The Morgan fingerprint density at radius 3 is 2.73 bits per heavy atom. The molecule has 4 nitrogen and oxygen atoms in total. The number of hydrogen-bond acceptors (Lipinski definition) is 3. The number of ether oxygens (including phenoxy) is 2. The molecule has 0 aliphatic carbocycles. The number of anilines is 1. The monoisotopic (exact) mass is 271 g/mol. The molecule has 0 bridgehead atoms. The molecule has 80 valence electrons. The molecule has 1 fully saturated rings. The highest BCUT2D eigenvalue weighted by atomic mass is 79.9. The van der Waals surface area contributed by atoms with Gasteiger partial charge in [0.2, 0.25) is 6.41 Å². The average Bonchev–Trinajstić information content (AvgIpc) is 2.70. The molecule has 15 heavy (non-hydrogen) atoms. The van der Waals surface area contributed by atoms with E-state index in [0.717, 1.165) is 10.0 Å². The third kappa shape index (κ3) is 2.56. The number of carbonyl (C=O) groups is 1. The zero-order valence-corrected chi connectivity index (χ0v) is 9.49. The fourth-order valence-electron chi connectivity index (χ4n) is 1.45. The van der Waals surface area contributed by atoms with E-state index >= 15 is 0 Å². The van der Waals surface area contributed by atoms with Crippen LogP contribution in [-0.4, -0.2) is 19.6 Å². The van der Waals surface area contributed by atoms with Crippen LogP contribution in [0.5, 0.6) is 0 Å². The van der Waals surface area contributed by atoms with Gasteiger partial charge in [-0.3, -0.25) is 4.79 Å². The normalized spacial score (nSPS) is 16.6. The first-order valence-electron chi connectivity index (χ1n) is 4.53. The summed E-state index contributed by atoms with van der Waals surface area (Å²) in [6, 6.07) is 5.55. The van der Waals surface area contributed by atoms with Crippen molar-refractivity contribution in [2.24, 2.45) is 0 Å². The van der Waals surface area contributed by atoms with E-state index in [1.165, 1.54) is 0 Å². The van der Waals surface area contributed by atoms with E-state index in [9.17, 15) is 4.79 Å². The molecule has 1 N–H and O–H groups in total. The van der Waals surface area contributed by atoms with E-state index in [1.807, 2.05) is 18.2 Å². The standard InChI is InChI=1S/C10H10BrNO3/c11-8-3-7(10-14-1-2-15-10)4-9(5-8)12-6-13/h3-6,10H,1-2H2,(H,12,13). The molecular weight excluding hydrogens is 262 g/mol. The van der Waals surface area contributed by atoms with Gasteiger partial charge >= 0.3 is 0 Å². The van der Waals surface area contributed by atoms with E-state index < -0.39 is 0 Å². The Kier molecular flexibility index (Phi) is 3.35. The van der Waals surface area contributed by atoms with Crippen LogP contribution in [0, 0.1) is 0 Å². The summed E-state index contributed by atoms with van der Waals surface area (Å²) in [5, 5.41) is 2.59. The number of amides is 1. The van der Waals surface area contributed by atoms with E-state index in [4.69, 9.17) is 9.47 Å². The minimum atomic E-state index is -0.324. The Morgan fingerprint density at radius 1 is 1.33 bits per heavy atom. The van der Waals surface area contributed by atoms with Crippen LogP contribution >= 0.6 is 15.9 Å². The lowest BCUT2D eigenvalue weighted by Gasteiger charge is -2.11. The predicted octanol–water partition coefficient (Wildman–Crippen LogP) is 2.06. The topological polar surface area (TPSA) is 47.6 Å². The van der Waals surface area contributed by atoms with Crippen LogP contribution in [-0.2, 0) is 14.3 Å². The maximum atomic E-state index is 10.3. The van der Waals surface area contributed by atoms with Crippen molar-refractivity contribution < 1.29 is 14.3 Å². The molecule has 1 heterocycles. The lowest BCUT2D eigenvalue weighted by Crippen LogP contribution is -2.00. The van der Waals surface area contributed by atoms with Gasteiger partial charge in [-0.15, -0.1) is 0 Å². The van der Waals surface area contributed by atoms with Gasteiger partial charge in [0.15, 0.2) is 6.29 Å². The molecule has 0 spiro atoms. The second-order valence-electron chi connectivity index (χ2n) is 3.11. The minimum Gasteiger partial charge on any atom is -0.346 e. The van der Waals surface area contributed by atoms with E-state index in [0.29, 0.717) is 25.3 Å². The molecule has 1 saturated heterocycles. The molecular formula is C10H10BrNO3. The Hall–Kier alpha value is -0.910. The number of nitrogens with one attached hydrogen (secondary N) is 1. The Bertz CT molecular complexity index is 364. The molecule has 2 rings (SSSR count). The first-order valence-corrected chi connectivity index (χ1v) is 5.33. The molecule has 0 unspecified atom stereocenters. The lowest BCUT2D eigenvalue weighted by atomic mass is 10.2. The summed E-state index contributed by atoms with van der Waals surface area (Å²) in [6.07, 6.45) is 0.316. The fourth-order valence-corrected chi connectivity index (χ4v) is 1.96. The van der Waals surface area contributed by atoms with Crippen molar-refractivity contribution in [1.82, 2.24) is 0 Å². The quantitative estimate of drug-likeness (QED) is 0.857. The molecule has 1 aliphatic rings. The Morgan fingerprint density at radius 2 is 2.07 bits per heavy atom. The molecule has 0 saturated carbocycles. The third-order valence-electron chi connectivity index (χ3n) is 2.04. The zero-order valence-electron chi connectivity index (χ0n) is 7.90. The van der Waals surface area contributed by atoms with Crippen LogP contribution in [0.1, 0.15) is 11.9 Å². The summed E-state index contributed by atoms with van der Waals surface area (Å²) in [5.41, 5.74) is 1.61. The summed E-state index contributed by atoms with van der Waals surface area (Å²) < 4.78 is 11.6. The van der Waals surface area contributed by atoms with Crippen molar-refractivity contribution in [3.8, 4) is 0 Å². The van der Waals surface area contributed by atoms with Crippen LogP contribution in [0.4, 0.5) is 5.69 Å². The molecule has 0 radical (unpaired) electrons. The third-order valence-corrected chi connectivity index (χ3v) is 2.50. The number of hydrogen-bond donors (Lipinski definition) is 1. The number of carbonyl (C=O) groups excluding carboxylic acids is 1. The van der Waals surface area contributed by atoms with Crippen LogP contribution in [0.3, 0.4) is 0 Å². The molecule has 5 heteroatoms.